The SMILES string of the molecule is CCc1nc(CN2CCN(C(=O)c3sc(C)nc3C)CC2)no1. The number of hydrogen-bond donors (Lipinski definition) is 0. The van der Waals surface area contributed by atoms with Crippen LogP contribution in [0.15, 0.2) is 4.52 Å². The number of carbonyl (C=O) groups excluding carboxylic acids is 1. The molecule has 0 saturated carbocycles. The summed E-state index contributed by atoms with van der Waals surface area (Å²) in [6.07, 6.45) is 0.753. The van der Waals surface area contributed by atoms with E-state index in [1.807, 2.05) is 25.7 Å². The zero-order valence-electron chi connectivity index (χ0n) is 13.7. The molecule has 0 spiro atoms. The fraction of sp³-hybridized carbons (Fsp3) is 0.600. The molecule has 1 aliphatic heterocycles. The molecule has 0 atom stereocenters. The predicted molar refractivity (Wildman–Crippen MR) is 86.4 cm³/mol. The van der Waals surface area contributed by atoms with Gasteiger partial charge in [0.05, 0.1) is 17.2 Å². The summed E-state index contributed by atoms with van der Waals surface area (Å²) < 4.78 is 5.13. The van der Waals surface area contributed by atoms with Gasteiger partial charge >= 0.3 is 0 Å². The second kappa shape index (κ2) is 6.76. The first-order valence-corrected chi connectivity index (χ1v) is 8.65. The number of piperazine rings is 1. The Kier molecular flexibility index (Phi) is 4.72. The van der Waals surface area contributed by atoms with Crippen molar-refractivity contribution in [1.82, 2.24) is 24.9 Å². The van der Waals surface area contributed by atoms with Gasteiger partial charge in [0, 0.05) is 32.6 Å². The van der Waals surface area contributed by atoms with E-state index in [1.165, 1.54) is 11.3 Å². The van der Waals surface area contributed by atoms with Crippen LogP contribution < -0.4 is 0 Å². The largest absolute Gasteiger partial charge is 0.339 e. The van der Waals surface area contributed by atoms with Crippen molar-refractivity contribution in [3.63, 3.8) is 0 Å². The Labute approximate surface area is 139 Å². The number of aryl methyl sites for hydroxylation is 3. The Balaban J connectivity index is 1.55. The van der Waals surface area contributed by atoms with Crippen molar-refractivity contribution < 1.29 is 9.32 Å². The summed E-state index contributed by atoms with van der Waals surface area (Å²) >= 11 is 1.48. The third-order valence-electron chi connectivity index (χ3n) is 3.93. The molecule has 0 aliphatic carbocycles. The van der Waals surface area contributed by atoms with Crippen molar-refractivity contribution in [1.29, 1.82) is 0 Å². The van der Waals surface area contributed by atoms with Gasteiger partial charge in [-0.1, -0.05) is 12.1 Å². The number of nitrogens with zero attached hydrogens (tertiary/aromatic N) is 5. The van der Waals surface area contributed by atoms with E-state index in [0.717, 1.165) is 40.9 Å². The predicted octanol–water partition coefficient (Wildman–Crippen LogP) is 1.66. The molecule has 1 fully saturated rings. The summed E-state index contributed by atoms with van der Waals surface area (Å²) in [5, 5.41) is 4.92. The van der Waals surface area contributed by atoms with Gasteiger partial charge in [-0.25, -0.2) is 4.98 Å². The molecular formula is C15H21N5O2S. The average molecular weight is 335 g/mol. The Hall–Kier alpha value is -1.80. The van der Waals surface area contributed by atoms with Gasteiger partial charge in [-0.05, 0) is 13.8 Å². The molecule has 124 valence electrons. The first kappa shape index (κ1) is 16.1. The summed E-state index contributed by atoms with van der Waals surface area (Å²) in [5.41, 5.74) is 0.832. The molecule has 3 rings (SSSR count). The van der Waals surface area contributed by atoms with Crippen LogP contribution >= 0.6 is 11.3 Å². The highest BCUT2D eigenvalue weighted by molar-refractivity contribution is 7.13. The molecular weight excluding hydrogens is 314 g/mol. The molecule has 0 unspecified atom stereocenters. The van der Waals surface area contributed by atoms with Crippen molar-refractivity contribution >= 4 is 17.2 Å². The quantitative estimate of drug-likeness (QED) is 0.846. The van der Waals surface area contributed by atoms with E-state index >= 15 is 0 Å². The Morgan fingerprint density at radius 2 is 1.96 bits per heavy atom. The maximum Gasteiger partial charge on any atom is 0.265 e. The number of aromatic nitrogens is 3. The molecule has 7 nitrogen and oxygen atoms in total. The van der Waals surface area contributed by atoms with Crippen molar-refractivity contribution in [3.05, 3.63) is 27.3 Å². The van der Waals surface area contributed by atoms with Gasteiger partial charge in [0.2, 0.25) is 5.89 Å². The molecule has 1 aliphatic rings. The van der Waals surface area contributed by atoms with Gasteiger partial charge in [-0.3, -0.25) is 9.69 Å². The van der Waals surface area contributed by atoms with Crippen LogP contribution in [-0.2, 0) is 13.0 Å². The average Bonchev–Trinajstić information content (AvgIpc) is 3.13. The molecule has 8 heteroatoms. The molecule has 23 heavy (non-hydrogen) atoms. The van der Waals surface area contributed by atoms with Crippen molar-refractivity contribution in [2.45, 2.75) is 33.7 Å². The van der Waals surface area contributed by atoms with E-state index in [1.54, 1.807) is 0 Å². The molecule has 2 aromatic rings. The first-order valence-electron chi connectivity index (χ1n) is 7.84. The van der Waals surface area contributed by atoms with Crippen molar-refractivity contribution in [3.8, 4) is 0 Å². The van der Waals surface area contributed by atoms with Crippen LogP contribution in [-0.4, -0.2) is 57.0 Å². The van der Waals surface area contributed by atoms with Gasteiger partial charge in [0.15, 0.2) is 5.82 Å². The minimum Gasteiger partial charge on any atom is -0.339 e. The van der Waals surface area contributed by atoms with E-state index in [0.29, 0.717) is 25.5 Å². The molecule has 0 aromatic carbocycles. The highest BCUT2D eigenvalue weighted by Gasteiger charge is 2.25. The molecule has 2 aromatic heterocycles. The summed E-state index contributed by atoms with van der Waals surface area (Å²) in [4.78, 5) is 26.2. The fourth-order valence-corrected chi connectivity index (χ4v) is 3.57. The van der Waals surface area contributed by atoms with Crippen LogP contribution in [0.3, 0.4) is 0 Å². The maximum absolute atomic E-state index is 12.6. The normalized spacial score (nSPS) is 16.0. The lowest BCUT2D eigenvalue weighted by Gasteiger charge is -2.33. The number of carbonyl (C=O) groups is 1. The van der Waals surface area contributed by atoms with Crippen LogP contribution in [0.25, 0.3) is 0 Å². The Morgan fingerprint density at radius 1 is 1.22 bits per heavy atom. The fourth-order valence-electron chi connectivity index (χ4n) is 2.68. The van der Waals surface area contributed by atoms with Gasteiger partial charge in [-0.2, -0.15) is 4.98 Å². The maximum atomic E-state index is 12.6. The number of thiazole rings is 1. The topological polar surface area (TPSA) is 75.4 Å². The monoisotopic (exact) mass is 335 g/mol. The highest BCUT2D eigenvalue weighted by atomic mass is 32.1. The zero-order valence-corrected chi connectivity index (χ0v) is 14.5. The Morgan fingerprint density at radius 3 is 2.52 bits per heavy atom. The number of hydrogen-bond acceptors (Lipinski definition) is 7. The van der Waals surface area contributed by atoms with E-state index < -0.39 is 0 Å². The Bertz CT molecular complexity index is 688. The second-order valence-corrected chi connectivity index (χ2v) is 6.88. The lowest BCUT2D eigenvalue weighted by molar-refractivity contribution is 0.0628. The smallest absolute Gasteiger partial charge is 0.265 e. The standard InChI is InChI=1S/C15H21N5O2S/c1-4-13-17-12(18-22-13)9-19-5-7-20(8-6-19)15(21)14-10(2)16-11(3)23-14/h4-9H2,1-3H3. The lowest BCUT2D eigenvalue weighted by atomic mass is 10.2. The minimum absolute atomic E-state index is 0.0978. The first-order chi connectivity index (χ1) is 11.1. The third-order valence-corrected chi connectivity index (χ3v) is 5.00. The molecule has 0 radical (unpaired) electrons. The van der Waals surface area contributed by atoms with Crippen molar-refractivity contribution in [2.24, 2.45) is 0 Å². The molecule has 0 bridgehead atoms. The summed E-state index contributed by atoms with van der Waals surface area (Å²) in [5.74, 6) is 1.49. The highest BCUT2D eigenvalue weighted by Crippen LogP contribution is 2.20. The van der Waals surface area contributed by atoms with Crippen molar-refractivity contribution in [2.75, 3.05) is 26.2 Å². The third kappa shape index (κ3) is 3.59. The lowest BCUT2D eigenvalue weighted by Crippen LogP contribution is -2.48. The van der Waals surface area contributed by atoms with Gasteiger partial charge < -0.3 is 9.42 Å². The van der Waals surface area contributed by atoms with Crippen LogP contribution in [0.2, 0.25) is 0 Å². The van der Waals surface area contributed by atoms with Crippen LogP contribution in [0.1, 0.15) is 39.0 Å². The summed E-state index contributed by atoms with van der Waals surface area (Å²) in [6, 6.07) is 0. The molecule has 1 amide bonds. The van der Waals surface area contributed by atoms with E-state index in [-0.39, 0.29) is 5.91 Å². The molecule has 0 N–H and O–H groups in total. The zero-order chi connectivity index (χ0) is 16.4. The van der Waals surface area contributed by atoms with Gasteiger partial charge in [0.25, 0.3) is 5.91 Å². The van der Waals surface area contributed by atoms with E-state index in [2.05, 4.69) is 20.0 Å². The van der Waals surface area contributed by atoms with Crippen LogP contribution in [0.4, 0.5) is 0 Å². The van der Waals surface area contributed by atoms with Crippen LogP contribution in [0.5, 0.6) is 0 Å². The van der Waals surface area contributed by atoms with Gasteiger partial charge in [0.1, 0.15) is 4.88 Å². The van der Waals surface area contributed by atoms with Crippen LogP contribution in [0, 0.1) is 13.8 Å². The summed E-state index contributed by atoms with van der Waals surface area (Å²) in [7, 11) is 0. The van der Waals surface area contributed by atoms with E-state index in [4.69, 9.17) is 4.52 Å². The van der Waals surface area contributed by atoms with Gasteiger partial charge in [-0.15, -0.1) is 11.3 Å². The second-order valence-electron chi connectivity index (χ2n) is 5.67. The minimum atomic E-state index is 0.0978. The number of rotatable bonds is 4. The van der Waals surface area contributed by atoms with E-state index in [9.17, 15) is 4.79 Å². The summed E-state index contributed by atoms with van der Waals surface area (Å²) in [6.45, 7) is 9.56. The molecule has 3 heterocycles. The number of amides is 1. The molecule has 1 saturated heterocycles.